The maximum Gasteiger partial charge on any atom is 0.258 e. The molecule has 6 nitrogen and oxygen atoms in total. The third kappa shape index (κ3) is 5.41. The average Bonchev–Trinajstić information content (AvgIpc) is 3.56. The number of amides is 2. The van der Waals surface area contributed by atoms with Crippen molar-refractivity contribution >= 4 is 81.4 Å². The molecule has 2 amide bonds. The Morgan fingerprint density at radius 2 is 1.60 bits per heavy atom. The minimum Gasteiger partial charge on any atom is -0.342 e. The van der Waals surface area contributed by atoms with Crippen LogP contribution in [0.25, 0.3) is 11.0 Å². The van der Waals surface area contributed by atoms with Gasteiger partial charge in [-0.2, -0.15) is 0 Å². The van der Waals surface area contributed by atoms with E-state index >= 15 is 0 Å². The number of rotatable bonds is 5. The normalized spacial score (nSPS) is 12.8. The lowest BCUT2D eigenvalue weighted by atomic mass is 10.1. The van der Waals surface area contributed by atoms with E-state index in [0.29, 0.717) is 43.9 Å². The lowest BCUT2D eigenvalue weighted by molar-refractivity contribution is 0.101. The van der Waals surface area contributed by atoms with Crippen molar-refractivity contribution in [1.82, 2.24) is 9.97 Å². The van der Waals surface area contributed by atoms with Gasteiger partial charge in [-0.25, -0.2) is 4.98 Å². The first kappa shape index (κ1) is 25.3. The molecule has 10 heteroatoms. The summed E-state index contributed by atoms with van der Waals surface area (Å²) in [6, 6.07) is 13.3. The lowest BCUT2D eigenvalue weighted by Crippen LogP contribution is -2.15. The van der Waals surface area contributed by atoms with Gasteiger partial charge in [-0.05, 0) is 67.8 Å². The minimum atomic E-state index is -0.439. The fourth-order valence-corrected chi connectivity index (χ4v) is 4.23. The molecule has 0 aliphatic heterocycles. The molecule has 5 rings (SSSR count). The number of fused-ring (bicyclic) bond motifs is 1. The van der Waals surface area contributed by atoms with Gasteiger partial charge in [-0.3, -0.25) is 9.59 Å². The Kier molecular flexibility index (Phi) is 7.29. The molecule has 3 N–H and O–H groups in total. The smallest absolute Gasteiger partial charge is 0.258 e. The maximum atomic E-state index is 13.3. The number of halogens is 4. The highest BCUT2D eigenvalue weighted by molar-refractivity contribution is 6.36. The SMILES string of the molecule is Cc1ccc(NC(=O)c2cc(NC(=O)c3cc(Cl)ccc3Cl)cc3[nH]c(C4CC4)nc23)cc1Cl.Cl. The van der Waals surface area contributed by atoms with E-state index in [1.807, 2.05) is 13.0 Å². The maximum absolute atomic E-state index is 13.3. The van der Waals surface area contributed by atoms with Crippen molar-refractivity contribution in [2.45, 2.75) is 25.7 Å². The van der Waals surface area contributed by atoms with Crippen LogP contribution in [-0.4, -0.2) is 21.8 Å². The number of nitrogens with one attached hydrogen (secondary N) is 3. The summed E-state index contributed by atoms with van der Waals surface area (Å²) >= 11 is 18.4. The molecule has 3 aromatic carbocycles. The van der Waals surface area contributed by atoms with Crippen LogP contribution in [0.5, 0.6) is 0 Å². The second-order valence-corrected chi connectivity index (χ2v) is 9.56. The molecule has 0 saturated heterocycles. The van der Waals surface area contributed by atoms with Crippen molar-refractivity contribution in [3.63, 3.8) is 0 Å². The largest absolute Gasteiger partial charge is 0.342 e. The van der Waals surface area contributed by atoms with Gasteiger partial charge in [0.15, 0.2) is 0 Å². The van der Waals surface area contributed by atoms with Crippen molar-refractivity contribution in [3.8, 4) is 0 Å². The molecule has 0 spiro atoms. The van der Waals surface area contributed by atoms with Crippen molar-refractivity contribution < 1.29 is 9.59 Å². The summed E-state index contributed by atoms with van der Waals surface area (Å²) in [5.74, 6) is 0.396. The zero-order valence-corrected chi connectivity index (χ0v) is 21.5. The Balaban J connectivity index is 0.00000289. The Morgan fingerprint density at radius 3 is 2.31 bits per heavy atom. The number of aryl methyl sites for hydroxylation is 1. The number of carbonyl (C=O) groups excluding carboxylic acids is 2. The summed E-state index contributed by atoms with van der Waals surface area (Å²) in [5.41, 5.74) is 3.65. The number of carbonyl (C=O) groups is 2. The first-order valence-electron chi connectivity index (χ1n) is 10.7. The molecule has 1 saturated carbocycles. The molecular formula is C25H20Cl4N4O2. The molecule has 1 aliphatic rings. The lowest BCUT2D eigenvalue weighted by Gasteiger charge is -2.11. The zero-order valence-electron chi connectivity index (χ0n) is 18.4. The molecule has 1 aromatic heterocycles. The fraction of sp³-hybridized carbons (Fsp3) is 0.160. The number of imidazole rings is 1. The van der Waals surface area contributed by atoms with Crippen molar-refractivity contribution in [2.75, 3.05) is 10.6 Å². The molecule has 1 aliphatic carbocycles. The first-order valence-corrected chi connectivity index (χ1v) is 11.8. The van der Waals surface area contributed by atoms with Gasteiger partial charge in [0, 0.05) is 27.3 Å². The monoisotopic (exact) mass is 548 g/mol. The van der Waals surface area contributed by atoms with E-state index in [1.165, 1.54) is 6.07 Å². The molecule has 0 unspecified atom stereocenters. The number of anilines is 2. The Morgan fingerprint density at radius 1 is 0.886 bits per heavy atom. The van der Waals surface area contributed by atoms with Crippen molar-refractivity contribution in [2.24, 2.45) is 0 Å². The number of benzene rings is 3. The quantitative estimate of drug-likeness (QED) is 0.239. The molecular weight excluding hydrogens is 530 g/mol. The van der Waals surface area contributed by atoms with Crippen LogP contribution in [0.2, 0.25) is 15.1 Å². The van der Waals surface area contributed by atoms with Gasteiger partial charge in [0.25, 0.3) is 11.8 Å². The van der Waals surface area contributed by atoms with Crippen LogP contribution in [0.15, 0.2) is 48.5 Å². The Bertz CT molecular complexity index is 1460. The highest BCUT2D eigenvalue weighted by Crippen LogP contribution is 2.39. The van der Waals surface area contributed by atoms with Gasteiger partial charge in [-0.1, -0.05) is 40.9 Å². The number of hydrogen-bond acceptors (Lipinski definition) is 3. The number of aromatic amines is 1. The van der Waals surface area contributed by atoms with E-state index in [2.05, 4.69) is 20.6 Å². The molecule has 0 bridgehead atoms. The second kappa shape index (κ2) is 10.1. The molecule has 0 atom stereocenters. The topological polar surface area (TPSA) is 86.9 Å². The van der Waals surface area contributed by atoms with Crippen LogP contribution in [0, 0.1) is 6.92 Å². The van der Waals surface area contributed by atoms with Crippen LogP contribution in [0.1, 0.15) is 50.9 Å². The summed E-state index contributed by atoms with van der Waals surface area (Å²) in [4.78, 5) is 34.1. The van der Waals surface area contributed by atoms with E-state index in [0.717, 1.165) is 24.2 Å². The van der Waals surface area contributed by atoms with E-state index in [4.69, 9.17) is 34.8 Å². The van der Waals surface area contributed by atoms with Gasteiger partial charge >= 0.3 is 0 Å². The summed E-state index contributed by atoms with van der Waals surface area (Å²) in [6.45, 7) is 1.89. The van der Waals surface area contributed by atoms with E-state index in [-0.39, 0.29) is 28.9 Å². The highest BCUT2D eigenvalue weighted by Gasteiger charge is 2.28. The van der Waals surface area contributed by atoms with Crippen LogP contribution in [-0.2, 0) is 0 Å². The predicted molar refractivity (Wildman–Crippen MR) is 144 cm³/mol. The number of H-pyrrole nitrogens is 1. The van der Waals surface area contributed by atoms with E-state index < -0.39 is 5.91 Å². The van der Waals surface area contributed by atoms with Crippen LogP contribution >= 0.6 is 47.2 Å². The van der Waals surface area contributed by atoms with Gasteiger partial charge in [0.1, 0.15) is 11.3 Å². The molecule has 0 radical (unpaired) electrons. The Labute approximate surface area is 222 Å². The number of nitrogens with zero attached hydrogens (tertiary/aromatic N) is 1. The van der Waals surface area contributed by atoms with Crippen LogP contribution in [0.4, 0.5) is 11.4 Å². The van der Waals surface area contributed by atoms with E-state index in [9.17, 15) is 9.59 Å². The van der Waals surface area contributed by atoms with Gasteiger partial charge < -0.3 is 15.6 Å². The zero-order chi connectivity index (χ0) is 24.0. The first-order chi connectivity index (χ1) is 16.3. The van der Waals surface area contributed by atoms with Gasteiger partial charge in [-0.15, -0.1) is 12.4 Å². The summed E-state index contributed by atoms with van der Waals surface area (Å²) in [6.07, 6.45) is 2.11. The van der Waals surface area contributed by atoms with Gasteiger partial charge in [0.05, 0.1) is 21.7 Å². The fourth-order valence-electron chi connectivity index (χ4n) is 3.67. The molecule has 1 heterocycles. The minimum absolute atomic E-state index is 0. The number of aromatic nitrogens is 2. The summed E-state index contributed by atoms with van der Waals surface area (Å²) in [5, 5.41) is 6.91. The summed E-state index contributed by atoms with van der Waals surface area (Å²) < 4.78 is 0. The average molecular weight is 550 g/mol. The predicted octanol–water partition coefficient (Wildman–Crippen LogP) is 7.64. The van der Waals surface area contributed by atoms with Crippen LogP contribution in [0.3, 0.4) is 0 Å². The van der Waals surface area contributed by atoms with Gasteiger partial charge in [0.2, 0.25) is 0 Å². The Hall–Kier alpha value is -2.77. The van der Waals surface area contributed by atoms with Crippen LogP contribution < -0.4 is 10.6 Å². The third-order valence-corrected chi connectivity index (χ3v) is 6.65. The standard InChI is InChI=1S/C25H19Cl3N4O2.ClH/c1-12-2-6-15(10-20(12)28)29-25(34)18-9-16(11-21-22(18)32-23(31-21)13-3-4-13)30-24(33)17-8-14(26)5-7-19(17)27;/h2,5-11,13H,3-4H2,1H3,(H,29,34)(H,30,33)(H,31,32);1H. The molecule has 35 heavy (non-hydrogen) atoms. The molecule has 4 aromatic rings. The second-order valence-electron chi connectivity index (χ2n) is 8.31. The highest BCUT2D eigenvalue weighted by atomic mass is 35.5. The number of hydrogen-bond donors (Lipinski definition) is 3. The van der Waals surface area contributed by atoms with Crippen molar-refractivity contribution in [1.29, 1.82) is 0 Å². The third-order valence-electron chi connectivity index (χ3n) is 5.67. The molecule has 1 fully saturated rings. The van der Waals surface area contributed by atoms with Crippen molar-refractivity contribution in [3.05, 3.63) is 86.1 Å². The van der Waals surface area contributed by atoms with E-state index in [1.54, 1.807) is 36.4 Å². The molecule has 180 valence electrons. The summed E-state index contributed by atoms with van der Waals surface area (Å²) in [7, 11) is 0.